The molecule has 0 saturated heterocycles. The summed E-state index contributed by atoms with van der Waals surface area (Å²) >= 11 is 0. The molecule has 0 aromatic carbocycles. The van der Waals surface area contributed by atoms with Crippen molar-refractivity contribution in [2.45, 2.75) is 19.8 Å². The Morgan fingerprint density at radius 2 is 2.12 bits per heavy atom. The van der Waals surface area contributed by atoms with Gasteiger partial charge in [-0.25, -0.2) is 0 Å². The summed E-state index contributed by atoms with van der Waals surface area (Å²) in [6.45, 7) is 2.13. The second kappa shape index (κ2) is 1.41. The van der Waals surface area contributed by atoms with Crippen LogP contribution in [0.3, 0.4) is 0 Å². The molecule has 0 spiro atoms. The smallest absolute Gasteiger partial charge is 0.0298 e. The summed E-state index contributed by atoms with van der Waals surface area (Å²) in [4.78, 5) is 0. The van der Waals surface area contributed by atoms with Crippen LogP contribution in [0.2, 0.25) is 0 Å². The Labute approximate surface area is 49.5 Å². The molecule has 1 fully saturated rings. The molecule has 4 N–H and O–H groups in total. The van der Waals surface area contributed by atoms with Gasteiger partial charge in [0.1, 0.15) is 0 Å². The van der Waals surface area contributed by atoms with Crippen LogP contribution in [0.4, 0.5) is 0 Å². The van der Waals surface area contributed by atoms with Crippen molar-refractivity contribution in [3.05, 3.63) is 11.9 Å². The molecule has 8 heavy (non-hydrogen) atoms. The Kier molecular flexibility index (Phi) is 0.962. The van der Waals surface area contributed by atoms with Crippen LogP contribution in [0.1, 0.15) is 19.8 Å². The summed E-state index contributed by atoms with van der Waals surface area (Å²) in [5.41, 5.74) is 11.9. The summed E-state index contributed by atoms with van der Waals surface area (Å²) in [5.74, 6) is 0. The minimum absolute atomic E-state index is 0.273. The van der Waals surface area contributed by atoms with Gasteiger partial charge in [0.25, 0.3) is 0 Å². The van der Waals surface area contributed by atoms with Crippen molar-refractivity contribution in [3.8, 4) is 0 Å². The molecule has 0 aromatic heterocycles. The Morgan fingerprint density at radius 3 is 2.25 bits per heavy atom. The number of nitrogens with two attached hydrogens (primary N) is 2. The molecule has 0 bridgehead atoms. The molecule has 0 heterocycles. The van der Waals surface area contributed by atoms with Gasteiger partial charge in [-0.2, -0.15) is 0 Å². The monoisotopic (exact) mass is 112 g/mol. The minimum atomic E-state index is 0.273. The Bertz CT molecular complexity index is 122. The fourth-order valence-corrected chi connectivity index (χ4v) is 0.677. The number of hydrogen-bond donors (Lipinski definition) is 2. The van der Waals surface area contributed by atoms with Crippen molar-refractivity contribution < 1.29 is 0 Å². The van der Waals surface area contributed by atoms with Crippen molar-refractivity contribution in [3.63, 3.8) is 0 Å². The summed E-state index contributed by atoms with van der Waals surface area (Å²) in [6, 6.07) is 0. The zero-order valence-electron chi connectivity index (χ0n) is 5.15. The van der Waals surface area contributed by atoms with E-state index >= 15 is 0 Å². The van der Waals surface area contributed by atoms with Gasteiger partial charge in [0.15, 0.2) is 0 Å². The molecule has 0 radical (unpaired) electrons. The highest BCUT2D eigenvalue weighted by atomic mass is 14.7. The second-order valence-corrected chi connectivity index (χ2v) is 2.68. The quantitative estimate of drug-likeness (QED) is 0.520. The second-order valence-electron chi connectivity index (χ2n) is 2.68. The van der Waals surface area contributed by atoms with Gasteiger partial charge in [-0.05, 0) is 12.8 Å². The molecule has 2 heteroatoms. The van der Waals surface area contributed by atoms with Crippen LogP contribution >= 0.6 is 0 Å². The number of rotatable bonds is 1. The van der Waals surface area contributed by atoms with Crippen molar-refractivity contribution in [1.82, 2.24) is 0 Å². The first kappa shape index (κ1) is 5.48. The lowest BCUT2D eigenvalue weighted by Gasteiger charge is -2.05. The summed E-state index contributed by atoms with van der Waals surface area (Å²) in [5, 5.41) is 0. The largest absolute Gasteiger partial charge is 0.403 e. The van der Waals surface area contributed by atoms with E-state index in [4.69, 9.17) is 11.5 Å². The highest BCUT2D eigenvalue weighted by Crippen LogP contribution is 2.48. The van der Waals surface area contributed by atoms with Crippen molar-refractivity contribution in [2.24, 2.45) is 16.9 Å². The van der Waals surface area contributed by atoms with Gasteiger partial charge in [0, 0.05) is 17.3 Å². The third-order valence-electron chi connectivity index (χ3n) is 1.88. The average Bonchev–Trinajstić information content (AvgIpc) is 2.47. The zero-order chi connectivity index (χ0) is 6.20. The lowest BCUT2D eigenvalue weighted by atomic mass is 10.1. The van der Waals surface area contributed by atoms with Crippen LogP contribution in [-0.4, -0.2) is 0 Å². The van der Waals surface area contributed by atoms with Gasteiger partial charge < -0.3 is 11.5 Å². The fraction of sp³-hybridized carbons (Fsp3) is 0.667. The van der Waals surface area contributed by atoms with E-state index in [1.54, 1.807) is 0 Å². The molecule has 1 saturated carbocycles. The third kappa shape index (κ3) is 0.661. The highest BCUT2D eigenvalue weighted by molar-refractivity contribution is 5.15. The molecule has 0 unspecified atom stereocenters. The average molecular weight is 112 g/mol. The number of hydrogen-bond acceptors (Lipinski definition) is 2. The van der Waals surface area contributed by atoms with Crippen molar-refractivity contribution in [1.29, 1.82) is 0 Å². The standard InChI is InChI=1S/C6H12N2/c1-6(2-3-6)5(8)4-7/h4H,2-3,7-8H2,1H3/b5-4-. The van der Waals surface area contributed by atoms with Gasteiger partial charge in [-0.15, -0.1) is 0 Å². The van der Waals surface area contributed by atoms with E-state index in [1.165, 1.54) is 19.0 Å². The molecule has 0 amide bonds. The van der Waals surface area contributed by atoms with Crippen LogP contribution in [0.25, 0.3) is 0 Å². The maximum Gasteiger partial charge on any atom is 0.0298 e. The van der Waals surface area contributed by atoms with Gasteiger partial charge >= 0.3 is 0 Å². The SMILES string of the molecule is CC1(/C(N)=C/N)CC1. The maximum atomic E-state index is 5.55. The Balaban J connectivity index is 2.59. The van der Waals surface area contributed by atoms with Gasteiger partial charge in [0.05, 0.1) is 0 Å². The number of allylic oxidation sites excluding steroid dienone is 1. The van der Waals surface area contributed by atoms with E-state index < -0.39 is 0 Å². The molecule has 1 rings (SSSR count). The van der Waals surface area contributed by atoms with Crippen LogP contribution in [0, 0.1) is 5.41 Å². The fourth-order valence-electron chi connectivity index (χ4n) is 0.677. The molecule has 1 aliphatic carbocycles. The van der Waals surface area contributed by atoms with E-state index in [9.17, 15) is 0 Å². The Morgan fingerprint density at radius 1 is 1.62 bits per heavy atom. The summed E-state index contributed by atoms with van der Waals surface area (Å²) < 4.78 is 0. The van der Waals surface area contributed by atoms with Crippen molar-refractivity contribution >= 4 is 0 Å². The maximum absolute atomic E-state index is 5.55. The zero-order valence-corrected chi connectivity index (χ0v) is 5.15. The lowest BCUT2D eigenvalue weighted by molar-refractivity contribution is 0.676. The normalized spacial score (nSPS) is 25.4. The van der Waals surface area contributed by atoms with Gasteiger partial charge in [-0.3, -0.25) is 0 Å². The molecule has 0 aliphatic heterocycles. The predicted octanol–water partition coefficient (Wildman–Crippen LogP) is 0.545. The molecule has 0 atom stereocenters. The summed E-state index contributed by atoms with van der Waals surface area (Å²) in [7, 11) is 0. The van der Waals surface area contributed by atoms with E-state index in [2.05, 4.69) is 6.92 Å². The van der Waals surface area contributed by atoms with Gasteiger partial charge in [-0.1, -0.05) is 6.92 Å². The molecule has 46 valence electrons. The third-order valence-corrected chi connectivity index (χ3v) is 1.88. The first-order valence-electron chi connectivity index (χ1n) is 2.87. The molecular formula is C6H12N2. The molecule has 1 aliphatic rings. The van der Waals surface area contributed by atoms with Crippen molar-refractivity contribution in [2.75, 3.05) is 0 Å². The van der Waals surface area contributed by atoms with E-state index in [0.29, 0.717) is 0 Å². The molecular weight excluding hydrogens is 100 g/mol. The Hall–Kier alpha value is -0.660. The van der Waals surface area contributed by atoms with Gasteiger partial charge in [0.2, 0.25) is 0 Å². The lowest BCUT2D eigenvalue weighted by Crippen LogP contribution is -2.10. The van der Waals surface area contributed by atoms with Crippen LogP contribution in [0.5, 0.6) is 0 Å². The van der Waals surface area contributed by atoms with Crippen LogP contribution in [-0.2, 0) is 0 Å². The molecule has 0 aromatic rings. The highest BCUT2D eigenvalue weighted by Gasteiger charge is 2.39. The van der Waals surface area contributed by atoms with Crippen LogP contribution in [0.15, 0.2) is 11.9 Å². The predicted molar refractivity (Wildman–Crippen MR) is 33.8 cm³/mol. The van der Waals surface area contributed by atoms with Crippen LogP contribution < -0.4 is 11.5 Å². The first-order chi connectivity index (χ1) is 3.69. The molecule has 2 nitrogen and oxygen atoms in total. The first-order valence-corrected chi connectivity index (χ1v) is 2.87. The minimum Gasteiger partial charge on any atom is -0.403 e. The van der Waals surface area contributed by atoms with E-state index in [0.717, 1.165) is 5.70 Å². The summed E-state index contributed by atoms with van der Waals surface area (Å²) in [6.07, 6.45) is 3.91. The van der Waals surface area contributed by atoms with E-state index in [-0.39, 0.29) is 5.41 Å². The topological polar surface area (TPSA) is 52.0 Å². The van der Waals surface area contributed by atoms with E-state index in [1.807, 2.05) is 0 Å².